The molecule has 2 unspecified atom stereocenters. The fourth-order valence-corrected chi connectivity index (χ4v) is 2.91. The van der Waals surface area contributed by atoms with Gasteiger partial charge in [0.05, 0.1) is 12.2 Å². The van der Waals surface area contributed by atoms with Gasteiger partial charge in [-0.1, -0.05) is 24.3 Å². The van der Waals surface area contributed by atoms with Crippen LogP contribution in [0.4, 0.5) is 0 Å². The average molecular weight is 164 g/mol. The molecule has 6 atom stereocenters. The lowest BCUT2D eigenvalue weighted by Crippen LogP contribution is -2.43. The van der Waals surface area contributed by atoms with E-state index in [9.17, 15) is 10.2 Å². The van der Waals surface area contributed by atoms with Crippen molar-refractivity contribution in [1.29, 1.82) is 0 Å². The molecule has 0 aromatic carbocycles. The molecule has 3 aliphatic carbocycles. The number of aliphatic hydroxyl groups is 2. The third-order valence-electron chi connectivity index (χ3n) is 3.58. The third kappa shape index (κ3) is 0.595. The molecule has 1 fully saturated rings. The summed E-state index contributed by atoms with van der Waals surface area (Å²) < 4.78 is 0. The van der Waals surface area contributed by atoms with E-state index in [0.29, 0.717) is 0 Å². The lowest BCUT2D eigenvalue weighted by molar-refractivity contribution is -0.0395. The first-order valence-corrected chi connectivity index (χ1v) is 4.52. The fourth-order valence-electron chi connectivity index (χ4n) is 2.91. The molecule has 4 bridgehead atoms. The Balaban J connectivity index is 2.07. The van der Waals surface area contributed by atoms with Crippen LogP contribution < -0.4 is 0 Å². The van der Waals surface area contributed by atoms with Gasteiger partial charge in [0.2, 0.25) is 0 Å². The average Bonchev–Trinajstić information content (AvgIpc) is 2.41. The summed E-state index contributed by atoms with van der Waals surface area (Å²) >= 11 is 0. The van der Waals surface area contributed by atoms with Gasteiger partial charge in [-0.15, -0.1) is 0 Å². The van der Waals surface area contributed by atoms with E-state index in [1.807, 2.05) is 0 Å². The Hall–Kier alpha value is -0.600. The van der Waals surface area contributed by atoms with Gasteiger partial charge in [0.15, 0.2) is 0 Å². The molecule has 64 valence electrons. The molecule has 0 heterocycles. The predicted octanol–water partition coefficient (Wildman–Crippen LogP) is 0.326. The van der Waals surface area contributed by atoms with Crippen LogP contribution in [0.5, 0.6) is 0 Å². The van der Waals surface area contributed by atoms with Crippen molar-refractivity contribution < 1.29 is 10.2 Å². The first kappa shape index (κ1) is 6.87. The zero-order chi connectivity index (χ0) is 8.29. The van der Waals surface area contributed by atoms with Gasteiger partial charge < -0.3 is 10.2 Å². The summed E-state index contributed by atoms with van der Waals surface area (Å²) in [5.74, 6) is 0.667. The van der Waals surface area contributed by atoms with E-state index in [0.717, 1.165) is 0 Å². The second-order valence-electron chi connectivity index (χ2n) is 4.06. The maximum Gasteiger partial charge on any atom is 0.0678 e. The predicted molar refractivity (Wildman–Crippen MR) is 44.3 cm³/mol. The van der Waals surface area contributed by atoms with Crippen LogP contribution in [0, 0.1) is 23.7 Å². The lowest BCUT2D eigenvalue weighted by Gasteiger charge is -2.36. The first-order chi connectivity index (χ1) is 5.79. The number of fused-ring (bicyclic) bond motifs is 6. The Kier molecular flexibility index (Phi) is 1.15. The molecule has 0 spiro atoms. The van der Waals surface area contributed by atoms with Crippen LogP contribution in [0.2, 0.25) is 0 Å². The number of hydrogen-bond donors (Lipinski definition) is 2. The molecule has 0 aromatic rings. The highest BCUT2D eigenvalue weighted by Gasteiger charge is 2.51. The second-order valence-corrected chi connectivity index (χ2v) is 4.06. The standard InChI is InChI=1S/C10H12O2/c11-9-5-1-2-6(9)8-4-3-7(5)10(8)12/h1-12H/t5-,6+,7-,8+,9?,10?. The molecule has 0 aliphatic heterocycles. The zero-order valence-electron chi connectivity index (χ0n) is 6.67. The monoisotopic (exact) mass is 164 g/mol. The molecular formula is C10H12O2. The van der Waals surface area contributed by atoms with Crippen molar-refractivity contribution in [3.63, 3.8) is 0 Å². The fraction of sp³-hybridized carbons (Fsp3) is 0.600. The molecular weight excluding hydrogens is 152 g/mol. The van der Waals surface area contributed by atoms with Crippen LogP contribution >= 0.6 is 0 Å². The zero-order valence-corrected chi connectivity index (χ0v) is 6.67. The minimum atomic E-state index is -0.251. The summed E-state index contributed by atoms with van der Waals surface area (Å²) in [5.41, 5.74) is 0. The molecule has 1 saturated carbocycles. The van der Waals surface area contributed by atoms with E-state index >= 15 is 0 Å². The number of aliphatic hydroxyl groups excluding tert-OH is 2. The molecule has 0 amide bonds. The summed E-state index contributed by atoms with van der Waals surface area (Å²) in [6, 6.07) is 0. The lowest BCUT2D eigenvalue weighted by atomic mass is 9.73. The van der Waals surface area contributed by atoms with Gasteiger partial charge in [-0.05, 0) is 0 Å². The van der Waals surface area contributed by atoms with Crippen LogP contribution in [0.3, 0.4) is 0 Å². The highest BCUT2D eigenvalue weighted by Crippen LogP contribution is 2.49. The van der Waals surface area contributed by atoms with E-state index in [-0.39, 0.29) is 35.9 Å². The molecule has 0 radical (unpaired) electrons. The summed E-state index contributed by atoms with van der Waals surface area (Å²) in [6.45, 7) is 0. The van der Waals surface area contributed by atoms with Crippen LogP contribution in [-0.4, -0.2) is 22.4 Å². The van der Waals surface area contributed by atoms with Crippen molar-refractivity contribution in [1.82, 2.24) is 0 Å². The van der Waals surface area contributed by atoms with Crippen molar-refractivity contribution in [2.24, 2.45) is 23.7 Å². The maximum absolute atomic E-state index is 9.79. The maximum atomic E-state index is 9.79. The van der Waals surface area contributed by atoms with E-state index in [1.54, 1.807) is 0 Å². The molecule has 12 heavy (non-hydrogen) atoms. The van der Waals surface area contributed by atoms with E-state index in [1.165, 1.54) is 0 Å². The highest BCUT2D eigenvalue weighted by atomic mass is 16.3. The van der Waals surface area contributed by atoms with Crippen LogP contribution in [0.1, 0.15) is 0 Å². The van der Waals surface area contributed by atoms with Gasteiger partial charge in [-0.2, -0.15) is 0 Å². The Morgan fingerprint density at radius 3 is 1.08 bits per heavy atom. The Bertz CT molecular complexity index is 217. The molecule has 3 aliphatic rings. The van der Waals surface area contributed by atoms with Gasteiger partial charge in [0.25, 0.3) is 0 Å². The molecule has 0 saturated heterocycles. The molecule has 2 nitrogen and oxygen atoms in total. The van der Waals surface area contributed by atoms with Crippen molar-refractivity contribution >= 4 is 0 Å². The largest absolute Gasteiger partial charge is 0.392 e. The topological polar surface area (TPSA) is 40.5 Å². The van der Waals surface area contributed by atoms with Gasteiger partial charge >= 0.3 is 0 Å². The van der Waals surface area contributed by atoms with Gasteiger partial charge in [0, 0.05) is 23.7 Å². The highest BCUT2D eigenvalue weighted by molar-refractivity contribution is 5.27. The summed E-state index contributed by atoms with van der Waals surface area (Å²) in [5, 5.41) is 19.6. The van der Waals surface area contributed by atoms with E-state index < -0.39 is 0 Å². The van der Waals surface area contributed by atoms with E-state index in [4.69, 9.17) is 0 Å². The second kappa shape index (κ2) is 2.01. The van der Waals surface area contributed by atoms with Gasteiger partial charge in [-0.3, -0.25) is 0 Å². The summed E-state index contributed by atoms with van der Waals surface area (Å²) in [6.07, 6.45) is 7.75. The third-order valence-corrected chi connectivity index (χ3v) is 3.58. The number of rotatable bonds is 0. The molecule has 0 aromatic heterocycles. The van der Waals surface area contributed by atoms with Crippen LogP contribution in [0.25, 0.3) is 0 Å². The van der Waals surface area contributed by atoms with Crippen LogP contribution in [-0.2, 0) is 0 Å². The van der Waals surface area contributed by atoms with Crippen molar-refractivity contribution in [2.45, 2.75) is 12.2 Å². The Labute approximate surface area is 71.2 Å². The van der Waals surface area contributed by atoms with Crippen molar-refractivity contribution in [3.8, 4) is 0 Å². The molecule has 2 N–H and O–H groups in total. The minimum absolute atomic E-state index is 0.167. The summed E-state index contributed by atoms with van der Waals surface area (Å²) in [7, 11) is 0. The molecule has 3 rings (SSSR count). The number of hydrogen-bond acceptors (Lipinski definition) is 2. The summed E-state index contributed by atoms with van der Waals surface area (Å²) in [4.78, 5) is 0. The first-order valence-electron chi connectivity index (χ1n) is 4.52. The van der Waals surface area contributed by atoms with Gasteiger partial charge in [-0.25, -0.2) is 0 Å². The van der Waals surface area contributed by atoms with Crippen molar-refractivity contribution in [2.75, 3.05) is 0 Å². The van der Waals surface area contributed by atoms with Crippen LogP contribution in [0.15, 0.2) is 24.3 Å². The SMILES string of the molecule is OC1[C@H]2C=C[C@@H]1[C@H]1C=C[C@@H]2C1O. The minimum Gasteiger partial charge on any atom is -0.392 e. The van der Waals surface area contributed by atoms with E-state index in [2.05, 4.69) is 24.3 Å². The normalized spacial score (nSPS) is 59.8. The van der Waals surface area contributed by atoms with Crippen molar-refractivity contribution in [3.05, 3.63) is 24.3 Å². The Morgan fingerprint density at radius 1 is 0.583 bits per heavy atom. The quantitative estimate of drug-likeness (QED) is 0.506. The Morgan fingerprint density at radius 2 is 0.833 bits per heavy atom. The van der Waals surface area contributed by atoms with Gasteiger partial charge in [0.1, 0.15) is 0 Å². The smallest absolute Gasteiger partial charge is 0.0678 e. The molecule has 2 heteroatoms.